The molecule has 3 nitrogen and oxygen atoms in total. The van der Waals surface area contributed by atoms with Crippen LogP contribution in [-0.2, 0) is 9.53 Å². The predicted octanol–water partition coefficient (Wildman–Crippen LogP) is 0.0539. The molecule has 0 bridgehead atoms. The SMILES string of the molecule is [2H]C([2H])=C([2H])OC(=O)C(C)O. The minimum atomic E-state index is -1.34. The zero-order valence-electron chi connectivity index (χ0n) is 7.34. The second-order valence-corrected chi connectivity index (χ2v) is 1.20. The van der Waals surface area contributed by atoms with E-state index in [1.807, 2.05) is 0 Å². The highest BCUT2D eigenvalue weighted by Gasteiger charge is 2.06. The lowest BCUT2D eigenvalue weighted by molar-refractivity contribution is -0.146. The Bertz CT molecular complexity index is 183. The molecule has 0 aromatic rings. The number of aliphatic hydroxyl groups excluding tert-OH is 1. The molecule has 1 unspecified atom stereocenters. The van der Waals surface area contributed by atoms with Gasteiger partial charge in [-0.15, -0.1) is 0 Å². The summed E-state index contributed by atoms with van der Waals surface area (Å²) in [6.07, 6.45) is -2.20. The molecule has 8 heavy (non-hydrogen) atoms. The van der Waals surface area contributed by atoms with E-state index in [2.05, 4.69) is 4.74 Å². The van der Waals surface area contributed by atoms with Crippen molar-refractivity contribution in [2.24, 2.45) is 0 Å². The third-order valence-electron chi connectivity index (χ3n) is 0.493. The van der Waals surface area contributed by atoms with Gasteiger partial charge in [0.15, 0.2) is 0 Å². The first kappa shape index (κ1) is 3.25. The van der Waals surface area contributed by atoms with Crippen molar-refractivity contribution in [3.63, 3.8) is 0 Å². The molecule has 0 aromatic heterocycles. The first-order chi connectivity index (χ1) is 4.95. The summed E-state index contributed by atoms with van der Waals surface area (Å²) in [7, 11) is 0. The zero-order valence-corrected chi connectivity index (χ0v) is 4.34. The molecule has 0 aliphatic rings. The minimum absolute atomic E-state index is 0.865. The summed E-state index contributed by atoms with van der Waals surface area (Å²) in [5.74, 6) is -1.04. The van der Waals surface area contributed by atoms with Crippen LogP contribution in [0.2, 0.25) is 0 Å². The molecule has 0 fully saturated rings. The van der Waals surface area contributed by atoms with Gasteiger partial charge in [0.05, 0.1) is 8.98 Å². The fourth-order valence-corrected chi connectivity index (χ4v) is 0.136. The molecule has 0 radical (unpaired) electrons. The molecule has 0 saturated carbocycles. The highest BCUT2D eigenvalue weighted by molar-refractivity contribution is 5.74. The Hall–Kier alpha value is -0.830. The van der Waals surface area contributed by atoms with Gasteiger partial charge in [0, 0.05) is 0 Å². The van der Waals surface area contributed by atoms with E-state index in [9.17, 15) is 4.79 Å². The molecule has 1 atom stereocenters. The second kappa shape index (κ2) is 3.21. The first-order valence-electron chi connectivity index (χ1n) is 3.49. The second-order valence-electron chi connectivity index (χ2n) is 1.20. The summed E-state index contributed by atoms with van der Waals surface area (Å²) in [5.41, 5.74) is 0. The van der Waals surface area contributed by atoms with Crippen molar-refractivity contribution in [1.29, 1.82) is 0 Å². The van der Waals surface area contributed by atoms with Crippen molar-refractivity contribution in [3.05, 3.63) is 12.8 Å². The maximum Gasteiger partial charge on any atom is 0.339 e. The van der Waals surface area contributed by atoms with Gasteiger partial charge in [-0.1, -0.05) is 6.53 Å². The molecule has 0 aromatic carbocycles. The van der Waals surface area contributed by atoms with E-state index in [0.717, 1.165) is 0 Å². The van der Waals surface area contributed by atoms with E-state index in [4.69, 9.17) is 9.22 Å². The molecule has 1 N–H and O–H groups in total. The van der Waals surface area contributed by atoms with Gasteiger partial charge < -0.3 is 9.84 Å². The van der Waals surface area contributed by atoms with Gasteiger partial charge >= 0.3 is 5.97 Å². The number of esters is 1. The Labute approximate surface area is 51.8 Å². The van der Waals surface area contributed by atoms with E-state index in [1.165, 1.54) is 6.92 Å². The molecule has 0 amide bonds. The van der Waals surface area contributed by atoms with Crippen LogP contribution in [0.25, 0.3) is 0 Å². The maximum atomic E-state index is 10.5. The number of carbonyl (C=O) groups is 1. The average Bonchev–Trinajstić information content (AvgIpc) is 1.87. The maximum absolute atomic E-state index is 10.5. The van der Waals surface area contributed by atoms with Gasteiger partial charge in [0.25, 0.3) is 0 Å². The van der Waals surface area contributed by atoms with Crippen molar-refractivity contribution >= 4 is 5.97 Å². The lowest BCUT2D eigenvalue weighted by Crippen LogP contribution is -2.16. The summed E-state index contributed by atoms with van der Waals surface area (Å²) >= 11 is 0. The first-order valence-corrected chi connectivity index (χ1v) is 1.99. The van der Waals surface area contributed by atoms with Crippen molar-refractivity contribution in [1.82, 2.24) is 0 Å². The van der Waals surface area contributed by atoms with E-state index in [0.29, 0.717) is 0 Å². The zero-order chi connectivity index (χ0) is 9.02. The third kappa shape index (κ3) is 2.36. The smallest absolute Gasteiger partial charge is 0.339 e. The van der Waals surface area contributed by atoms with Crippen LogP contribution in [0.3, 0.4) is 0 Å². The number of ether oxygens (including phenoxy) is 1. The van der Waals surface area contributed by atoms with E-state index in [1.54, 1.807) is 0 Å². The normalized spacial score (nSPS) is 17.0. The molecular formula is C5H8O3. The van der Waals surface area contributed by atoms with Gasteiger partial charge in [0.2, 0.25) is 0 Å². The summed E-state index contributed by atoms with van der Waals surface area (Å²) < 4.78 is 23.8. The summed E-state index contributed by atoms with van der Waals surface area (Å²) in [6, 6.07) is 0. The van der Waals surface area contributed by atoms with Crippen LogP contribution >= 0.6 is 0 Å². The number of hydrogen-bond acceptors (Lipinski definition) is 3. The van der Waals surface area contributed by atoms with Crippen LogP contribution in [0.5, 0.6) is 0 Å². The highest BCUT2D eigenvalue weighted by Crippen LogP contribution is 1.84. The van der Waals surface area contributed by atoms with E-state index < -0.39 is 24.8 Å². The number of rotatable bonds is 2. The highest BCUT2D eigenvalue weighted by atomic mass is 16.5. The van der Waals surface area contributed by atoms with Crippen LogP contribution in [0.4, 0.5) is 0 Å². The quantitative estimate of drug-likeness (QED) is 0.413. The van der Waals surface area contributed by atoms with E-state index >= 15 is 0 Å². The summed E-state index contributed by atoms with van der Waals surface area (Å²) in [6.45, 7) is 0.266. The molecule has 0 spiro atoms. The lowest BCUT2D eigenvalue weighted by Gasteiger charge is -1.98. The van der Waals surface area contributed by atoms with Crippen LogP contribution < -0.4 is 0 Å². The van der Waals surface area contributed by atoms with Crippen molar-refractivity contribution < 1.29 is 18.8 Å². The summed E-state index contributed by atoms with van der Waals surface area (Å²) in [5, 5.41) is 8.55. The van der Waals surface area contributed by atoms with Crippen molar-refractivity contribution in [3.8, 4) is 0 Å². The van der Waals surface area contributed by atoms with E-state index in [-0.39, 0.29) is 0 Å². The molecular weight excluding hydrogens is 108 g/mol. The Kier molecular flexibility index (Phi) is 1.30. The fraction of sp³-hybridized carbons (Fsp3) is 0.400. The molecule has 0 aliphatic heterocycles. The number of carbonyl (C=O) groups excluding carboxylic acids is 1. The Morgan fingerprint density at radius 1 is 2.38 bits per heavy atom. The predicted molar refractivity (Wildman–Crippen MR) is 28.0 cm³/mol. The van der Waals surface area contributed by atoms with Crippen LogP contribution in [-0.4, -0.2) is 17.2 Å². The van der Waals surface area contributed by atoms with Crippen LogP contribution in [0.1, 0.15) is 11.0 Å². The van der Waals surface area contributed by atoms with Gasteiger partial charge in [-0.05, 0) is 6.92 Å². The molecule has 3 heteroatoms. The third-order valence-corrected chi connectivity index (χ3v) is 0.493. The monoisotopic (exact) mass is 119 g/mol. The number of aliphatic hydroxyl groups is 1. The summed E-state index contributed by atoms with van der Waals surface area (Å²) in [4.78, 5) is 10.5. The van der Waals surface area contributed by atoms with Crippen LogP contribution in [0.15, 0.2) is 12.8 Å². The molecule has 0 heterocycles. The minimum Gasteiger partial charge on any atom is -0.433 e. The Balaban J connectivity index is 4.07. The molecule has 0 rings (SSSR count). The molecule has 0 aliphatic carbocycles. The largest absolute Gasteiger partial charge is 0.433 e. The van der Waals surface area contributed by atoms with Crippen molar-refractivity contribution in [2.75, 3.05) is 0 Å². The van der Waals surface area contributed by atoms with Gasteiger partial charge in [0.1, 0.15) is 7.47 Å². The van der Waals surface area contributed by atoms with Crippen LogP contribution in [0, 0.1) is 0 Å². The topological polar surface area (TPSA) is 46.5 Å². The standard InChI is InChI=1S/C5H8O3/c1-3-8-5(7)4(2)6/h3-4,6H,1H2,2H3/i1D2,3D. The molecule has 0 saturated heterocycles. The van der Waals surface area contributed by atoms with Gasteiger partial charge in [-0.25, -0.2) is 4.79 Å². The lowest BCUT2D eigenvalue weighted by atomic mass is 10.4. The fourth-order valence-electron chi connectivity index (χ4n) is 0.136. The van der Waals surface area contributed by atoms with Gasteiger partial charge in [-0.2, -0.15) is 0 Å². The average molecular weight is 119 g/mol. The number of hydrogen-bond donors (Lipinski definition) is 1. The Morgan fingerprint density at radius 2 is 3.00 bits per heavy atom. The molecule has 46 valence electrons. The Morgan fingerprint density at radius 3 is 3.38 bits per heavy atom. The van der Waals surface area contributed by atoms with Crippen molar-refractivity contribution in [2.45, 2.75) is 13.0 Å². The van der Waals surface area contributed by atoms with Gasteiger partial charge in [-0.3, -0.25) is 0 Å².